The molecule has 0 aliphatic rings. The van der Waals surface area contributed by atoms with Gasteiger partial charge in [0.2, 0.25) is 0 Å². The molecule has 1 aromatic rings. The number of aliphatic carboxylic acids is 1. The Morgan fingerprint density at radius 3 is 2.50 bits per heavy atom. The topological polar surface area (TPSA) is 89.3 Å². The maximum atomic E-state index is 12.2. The Hall–Kier alpha value is -0.890. The summed E-state index contributed by atoms with van der Waals surface area (Å²) in [4.78, 5) is 10.7. The summed E-state index contributed by atoms with van der Waals surface area (Å²) in [6, 6.07) is 0. The minimum Gasteiger partial charge on any atom is -0.481 e. The summed E-state index contributed by atoms with van der Waals surface area (Å²) in [5.74, 6) is -1.32. The Morgan fingerprint density at radius 1 is 1.45 bits per heavy atom. The Morgan fingerprint density at radius 2 is 2.05 bits per heavy atom. The molecule has 8 heteroatoms. The summed E-state index contributed by atoms with van der Waals surface area (Å²) < 4.78 is 26.8. The minimum atomic E-state index is -3.53. The van der Waals surface area contributed by atoms with E-state index in [1.807, 2.05) is 13.8 Å². The maximum absolute atomic E-state index is 12.2. The molecule has 1 heterocycles. The van der Waals surface area contributed by atoms with Crippen LogP contribution in [0.1, 0.15) is 38.6 Å². The van der Waals surface area contributed by atoms with Crippen LogP contribution in [0, 0.1) is 0 Å². The number of sulfone groups is 1. The van der Waals surface area contributed by atoms with Gasteiger partial charge >= 0.3 is 5.97 Å². The van der Waals surface area contributed by atoms with Crippen molar-refractivity contribution in [1.82, 2.24) is 9.78 Å². The highest BCUT2D eigenvalue weighted by Gasteiger charge is 2.27. The Labute approximate surface area is 127 Å². The van der Waals surface area contributed by atoms with Crippen molar-refractivity contribution >= 4 is 31.7 Å². The van der Waals surface area contributed by atoms with Crippen LogP contribution in [0.25, 0.3) is 0 Å². The van der Waals surface area contributed by atoms with E-state index in [9.17, 15) is 13.2 Å². The van der Waals surface area contributed by atoms with Gasteiger partial charge in [0.25, 0.3) is 0 Å². The lowest BCUT2D eigenvalue weighted by atomic mass is 10.3. The van der Waals surface area contributed by atoms with Gasteiger partial charge in [-0.2, -0.15) is 5.10 Å². The monoisotopic (exact) mass is 366 g/mol. The van der Waals surface area contributed by atoms with Crippen LogP contribution in [0.3, 0.4) is 0 Å². The van der Waals surface area contributed by atoms with Crippen molar-refractivity contribution in [2.45, 2.75) is 51.2 Å². The van der Waals surface area contributed by atoms with Crippen LogP contribution in [0.5, 0.6) is 0 Å². The van der Waals surface area contributed by atoms with E-state index in [2.05, 4.69) is 21.0 Å². The number of rotatable bonds is 7. The second-order valence-corrected chi connectivity index (χ2v) is 7.80. The molecule has 0 spiro atoms. The van der Waals surface area contributed by atoms with Crippen LogP contribution in [0.15, 0.2) is 4.47 Å². The number of halogens is 1. The van der Waals surface area contributed by atoms with Crippen LogP contribution >= 0.6 is 15.9 Å². The quantitative estimate of drug-likeness (QED) is 0.796. The third-order valence-corrected chi connectivity index (χ3v) is 6.09. The molecule has 20 heavy (non-hydrogen) atoms. The first-order valence-corrected chi connectivity index (χ1v) is 8.91. The molecule has 0 aromatic carbocycles. The van der Waals surface area contributed by atoms with E-state index in [0.29, 0.717) is 23.1 Å². The molecule has 1 N–H and O–H groups in total. The third-order valence-electron chi connectivity index (χ3n) is 3.11. The second kappa shape index (κ2) is 6.71. The van der Waals surface area contributed by atoms with Crippen molar-refractivity contribution in [3.05, 3.63) is 15.9 Å². The Bertz CT molecular complexity index is 595. The fraction of sp³-hybridized carbons (Fsp3) is 0.667. The molecule has 0 saturated carbocycles. The van der Waals surface area contributed by atoms with Gasteiger partial charge in [0.05, 0.1) is 33.3 Å². The number of hydrogen-bond donors (Lipinski definition) is 1. The molecule has 1 atom stereocenters. The molecular formula is C12H19BrN2O4S. The molecule has 0 amide bonds. The predicted molar refractivity (Wildman–Crippen MR) is 79.3 cm³/mol. The summed E-state index contributed by atoms with van der Waals surface area (Å²) in [7, 11) is -3.53. The van der Waals surface area contributed by atoms with Gasteiger partial charge in [-0.1, -0.05) is 6.92 Å². The number of carboxylic acids is 1. The molecule has 1 unspecified atom stereocenters. The molecule has 1 aromatic heterocycles. The highest BCUT2D eigenvalue weighted by atomic mass is 79.9. The first-order chi connectivity index (χ1) is 9.22. The van der Waals surface area contributed by atoms with E-state index in [1.165, 1.54) is 6.92 Å². The number of aryl methyl sites for hydroxylation is 2. The van der Waals surface area contributed by atoms with Gasteiger partial charge in [-0.25, -0.2) is 8.42 Å². The predicted octanol–water partition coefficient (Wildman–Crippen LogP) is 2.01. The van der Waals surface area contributed by atoms with Crippen molar-refractivity contribution < 1.29 is 18.3 Å². The van der Waals surface area contributed by atoms with E-state index in [4.69, 9.17) is 5.11 Å². The number of carboxylic acid groups (broad SMARTS) is 1. The van der Waals surface area contributed by atoms with Gasteiger partial charge in [-0.3, -0.25) is 9.48 Å². The SMILES string of the molecule is CCc1nn(CC)c(CS(=O)(=O)C(C)CC(=O)O)c1Br. The lowest BCUT2D eigenvalue weighted by Gasteiger charge is -2.12. The van der Waals surface area contributed by atoms with Gasteiger partial charge in [0, 0.05) is 6.54 Å². The first kappa shape index (κ1) is 17.2. The summed E-state index contributed by atoms with van der Waals surface area (Å²) in [5.41, 5.74) is 1.39. The largest absolute Gasteiger partial charge is 0.481 e. The molecule has 6 nitrogen and oxygen atoms in total. The fourth-order valence-electron chi connectivity index (χ4n) is 1.86. The summed E-state index contributed by atoms with van der Waals surface area (Å²) >= 11 is 3.39. The molecular weight excluding hydrogens is 348 g/mol. The van der Waals surface area contributed by atoms with Crippen LogP contribution in [-0.4, -0.2) is 34.5 Å². The average molecular weight is 367 g/mol. The molecule has 114 valence electrons. The maximum Gasteiger partial charge on any atom is 0.304 e. The molecule has 0 aliphatic carbocycles. The Balaban J connectivity index is 3.09. The van der Waals surface area contributed by atoms with E-state index < -0.39 is 21.1 Å². The van der Waals surface area contributed by atoms with Crippen molar-refractivity contribution in [2.75, 3.05) is 0 Å². The molecule has 1 rings (SSSR count). The number of aromatic nitrogens is 2. The fourth-order valence-corrected chi connectivity index (χ4v) is 4.11. The van der Waals surface area contributed by atoms with Gasteiger partial charge in [0.1, 0.15) is 0 Å². The highest BCUT2D eigenvalue weighted by Crippen LogP contribution is 2.25. The lowest BCUT2D eigenvalue weighted by Crippen LogP contribution is -2.24. The van der Waals surface area contributed by atoms with Crippen molar-refractivity contribution in [3.8, 4) is 0 Å². The minimum absolute atomic E-state index is 0.205. The highest BCUT2D eigenvalue weighted by molar-refractivity contribution is 9.10. The van der Waals surface area contributed by atoms with Crippen LogP contribution in [0.4, 0.5) is 0 Å². The van der Waals surface area contributed by atoms with Crippen molar-refractivity contribution in [1.29, 1.82) is 0 Å². The third kappa shape index (κ3) is 3.82. The van der Waals surface area contributed by atoms with Gasteiger partial charge in [-0.05, 0) is 36.2 Å². The Kier molecular flexibility index (Phi) is 5.76. The number of hydrogen-bond acceptors (Lipinski definition) is 4. The van der Waals surface area contributed by atoms with Crippen molar-refractivity contribution in [2.24, 2.45) is 0 Å². The van der Waals surface area contributed by atoms with E-state index in [-0.39, 0.29) is 12.2 Å². The second-order valence-electron chi connectivity index (χ2n) is 4.59. The van der Waals surface area contributed by atoms with Gasteiger partial charge < -0.3 is 5.11 Å². The zero-order valence-corrected chi connectivity index (χ0v) is 14.2. The molecule has 0 radical (unpaired) electrons. The molecule has 0 bridgehead atoms. The standard InChI is InChI=1S/C12H19BrN2O4S/c1-4-9-12(13)10(15(5-2)14-9)7-20(18,19)8(3)6-11(16)17/h8H,4-7H2,1-3H3,(H,16,17). The summed E-state index contributed by atoms with van der Waals surface area (Å²) in [5, 5.41) is 12.1. The van der Waals surface area contributed by atoms with E-state index in [0.717, 1.165) is 5.69 Å². The molecule has 0 aliphatic heterocycles. The van der Waals surface area contributed by atoms with Crippen molar-refractivity contribution in [3.63, 3.8) is 0 Å². The smallest absolute Gasteiger partial charge is 0.304 e. The normalized spacial score (nSPS) is 13.4. The molecule has 0 fully saturated rings. The number of nitrogens with zero attached hydrogens (tertiary/aromatic N) is 2. The number of carbonyl (C=O) groups is 1. The molecule has 0 saturated heterocycles. The summed E-state index contributed by atoms with van der Waals surface area (Å²) in [6.45, 7) is 5.82. The zero-order chi connectivity index (χ0) is 15.5. The zero-order valence-electron chi connectivity index (χ0n) is 11.8. The van der Waals surface area contributed by atoms with E-state index >= 15 is 0 Å². The van der Waals surface area contributed by atoms with Crippen LogP contribution in [0.2, 0.25) is 0 Å². The average Bonchev–Trinajstić information content (AvgIpc) is 2.65. The lowest BCUT2D eigenvalue weighted by molar-refractivity contribution is -0.136. The van der Waals surface area contributed by atoms with E-state index in [1.54, 1.807) is 4.68 Å². The van der Waals surface area contributed by atoms with Gasteiger partial charge in [-0.15, -0.1) is 0 Å². The summed E-state index contributed by atoms with van der Waals surface area (Å²) in [6.07, 6.45) is 0.312. The van der Waals surface area contributed by atoms with Crippen LogP contribution < -0.4 is 0 Å². The van der Waals surface area contributed by atoms with Crippen LogP contribution in [-0.2, 0) is 33.4 Å². The van der Waals surface area contributed by atoms with Gasteiger partial charge in [0.15, 0.2) is 9.84 Å². The first-order valence-electron chi connectivity index (χ1n) is 6.40.